The number of hydrogen-bond donors (Lipinski definition) is 0. The number of amides is 1. The van der Waals surface area contributed by atoms with Gasteiger partial charge in [0.25, 0.3) is 5.91 Å². The third-order valence-electron chi connectivity index (χ3n) is 7.53. The zero-order valence-corrected chi connectivity index (χ0v) is 21.9. The number of allylic oxidation sites excluding steroid dienone is 1. The molecule has 4 aromatic rings. The van der Waals surface area contributed by atoms with Crippen LogP contribution in [-0.4, -0.2) is 38.8 Å². The number of esters is 1. The number of benzene rings is 3. The van der Waals surface area contributed by atoms with Crippen molar-refractivity contribution in [2.45, 2.75) is 38.8 Å². The highest BCUT2D eigenvalue weighted by Gasteiger charge is 2.43. The molecular formula is C32H30N4O3. The largest absolute Gasteiger partial charge is 0.454 e. The molecule has 0 bridgehead atoms. The number of ether oxygens (including phenoxy) is 1. The zero-order chi connectivity index (χ0) is 26.8. The lowest BCUT2D eigenvalue weighted by Crippen LogP contribution is -2.34. The molecule has 1 amide bonds. The lowest BCUT2D eigenvalue weighted by Gasteiger charge is -2.29. The molecule has 6 rings (SSSR count). The van der Waals surface area contributed by atoms with Gasteiger partial charge >= 0.3 is 5.97 Å². The molecule has 0 spiro atoms. The van der Waals surface area contributed by atoms with Crippen LogP contribution in [0.3, 0.4) is 0 Å². The van der Waals surface area contributed by atoms with E-state index in [1.165, 1.54) is 0 Å². The first kappa shape index (κ1) is 24.8. The van der Waals surface area contributed by atoms with Crippen molar-refractivity contribution < 1.29 is 14.3 Å². The van der Waals surface area contributed by atoms with Gasteiger partial charge in [0, 0.05) is 5.92 Å². The van der Waals surface area contributed by atoms with E-state index < -0.39 is 5.97 Å². The summed E-state index contributed by atoms with van der Waals surface area (Å²) in [6.45, 7) is 1.48. The van der Waals surface area contributed by atoms with Crippen LogP contribution in [0.5, 0.6) is 0 Å². The van der Waals surface area contributed by atoms with E-state index in [0.717, 1.165) is 58.5 Å². The molecule has 39 heavy (non-hydrogen) atoms. The summed E-state index contributed by atoms with van der Waals surface area (Å²) in [4.78, 5) is 30.8. The molecule has 1 aromatic heterocycles. The molecule has 0 saturated heterocycles. The Hall–Kier alpha value is -4.52. The molecule has 3 aromatic carbocycles. The van der Waals surface area contributed by atoms with Gasteiger partial charge in [-0.2, -0.15) is 5.10 Å². The van der Waals surface area contributed by atoms with Gasteiger partial charge in [-0.1, -0.05) is 72.8 Å². The van der Waals surface area contributed by atoms with Crippen molar-refractivity contribution in [3.8, 4) is 0 Å². The highest BCUT2D eigenvalue weighted by atomic mass is 16.5. The van der Waals surface area contributed by atoms with Gasteiger partial charge in [-0.3, -0.25) is 9.59 Å². The number of aromatic nitrogens is 2. The molecule has 1 saturated carbocycles. The molecule has 0 radical (unpaired) electrons. The van der Waals surface area contributed by atoms with Gasteiger partial charge in [0.1, 0.15) is 12.4 Å². The average Bonchev–Trinajstić information content (AvgIpc) is 3.51. The lowest BCUT2D eigenvalue weighted by atomic mass is 9.77. The third kappa shape index (κ3) is 5.00. The van der Waals surface area contributed by atoms with Crippen molar-refractivity contribution in [3.05, 3.63) is 107 Å². The van der Waals surface area contributed by atoms with Gasteiger partial charge in [-0.05, 0) is 61.1 Å². The molecule has 2 atom stereocenters. The number of hydrazone groups is 1. The standard InChI is InChI=1S/C32H30N4O3/c1-22-33-27-17-8-9-18-28(27)35(22)20-30(38)39-21-29(37)36-32(24-13-6-3-7-14-24)26-16-10-15-25(31(26)34-36)19-23-11-4-2-5-12-23/h2-9,11-14,17-19,26,32H,10,15-16,20-21H2,1H3. The third-order valence-corrected chi connectivity index (χ3v) is 7.53. The molecule has 1 fully saturated rings. The SMILES string of the molecule is Cc1nc2ccccc2n1CC(=O)OCC(=O)N1N=C2C(=Cc3ccccc3)CCCC2C1c1ccccc1. The second-order valence-electron chi connectivity index (χ2n) is 10.1. The van der Waals surface area contributed by atoms with E-state index in [-0.39, 0.29) is 31.0 Å². The molecule has 1 aliphatic carbocycles. The van der Waals surface area contributed by atoms with Gasteiger partial charge in [0.05, 0.1) is 22.8 Å². The molecule has 2 unspecified atom stereocenters. The van der Waals surface area contributed by atoms with Crippen molar-refractivity contribution in [2.24, 2.45) is 11.0 Å². The number of fused-ring (bicyclic) bond motifs is 2. The Bertz CT molecular complexity index is 1570. The maximum absolute atomic E-state index is 13.5. The number of rotatable bonds is 6. The van der Waals surface area contributed by atoms with Gasteiger partial charge < -0.3 is 9.30 Å². The van der Waals surface area contributed by atoms with Crippen LogP contribution in [-0.2, 0) is 20.9 Å². The van der Waals surface area contributed by atoms with Crippen LogP contribution >= 0.6 is 0 Å². The second kappa shape index (κ2) is 10.7. The highest BCUT2D eigenvalue weighted by Crippen LogP contribution is 2.44. The maximum atomic E-state index is 13.5. The Morgan fingerprint density at radius 1 is 0.974 bits per heavy atom. The van der Waals surface area contributed by atoms with Gasteiger partial charge in [-0.15, -0.1) is 0 Å². The van der Waals surface area contributed by atoms with Crippen LogP contribution in [0.1, 0.15) is 42.3 Å². The summed E-state index contributed by atoms with van der Waals surface area (Å²) in [5, 5.41) is 6.43. The van der Waals surface area contributed by atoms with Gasteiger partial charge in [-0.25, -0.2) is 9.99 Å². The van der Waals surface area contributed by atoms with Crippen molar-refractivity contribution >= 4 is 34.7 Å². The first-order chi connectivity index (χ1) is 19.1. The Morgan fingerprint density at radius 3 is 2.49 bits per heavy atom. The number of carbonyl (C=O) groups is 2. The fourth-order valence-corrected chi connectivity index (χ4v) is 5.72. The normalized spacial score (nSPS) is 19.7. The van der Waals surface area contributed by atoms with Crippen LogP contribution in [0.15, 0.2) is 95.6 Å². The Morgan fingerprint density at radius 2 is 1.69 bits per heavy atom. The summed E-state index contributed by atoms with van der Waals surface area (Å²) in [5.74, 6) is -0.00253. The number of aryl methyl sites for hydroxylation is 1. The molecule has 196 valence electrons. The van der Waals surface area contributed by atoms with E-state index in [0.29, 0.717) is 0 Å². The zero-order valence-electron chi connectivity index (χ0n) is 21.9. The predicted molar refractivity (Wildman–Crippen MR) is 151 cm³/mol. The minimum Gasteiger partial charge on any atom is -0.454 e. The Balaban J connectivity index is 1.23. The fraction of sp³-hybridized carbons (Fsp3) is 0.250. The predicted octanol–water partition coefficient (Wildman–Crippen LogP) is 5.71. The van der Waals surface area contributed by atoms with Crippen LogP contribution in [0.2, 0.25) is 0 Å². The summed E-state index contributed by atoms with van der Waals surface area (Å²) in [5.41, 5.74) is 5.94. The molecule has 2 heterocycles. The highest BCUT2D eigenvalue weighted by molar-refractivity contribution is 6.08. The van der Waals surface area contributed by atoms with Crippen molar-refractivity contribution in [2.75, 3.05) is 6.61 Å². The summed E-state index contributed by atoms with van der Waals surface area (Å²) in [7, 11) is 0. The van der Waals surface area contributed by atoms with Crippen molar-refractivity contribution in [1.29, 1.82) is 0 Å². The summed E-state index contributed by atoms with van der Waals surface area (Å²) < 4.78 is 7.30. The monoisotopic (exact) mass is 518 g/mol. The average molecular weight is 519 g/mol. The van der Waals surface area contributed by atoms with Crippen LogP contribution in [0.4, 0.5) is 0 Å². The molecule has 0 N–H and O–H groups in total. The Kier molecular flexibility index (Phi) is 6.80. The maximum Gasteiger partial charge on any atom is 0.326 e. The number of imidazole rings is 1. The van der Waals surface area contributed by atoms with E-state index in [4.69, 9.17) is 9.84 Å². The van der Waals surface area contributed by atoms with E-state index in [1.54, 1.807) is 9.58 Å². The molecular weight excluding hydrogens is 488 g/mol. The number of para-hydroxylation sites is 2. The minimum absolute atomic E-state index is 0.0111. The van der Waals surface area contributed by atoms with E-state index in [2.05, 4.69) is 23.2 Å². The molecule has 7 nitrogen and oxygen atoms in total. The Labute approximate surface area is 227 Å². The molecule has 1 aliphatic heterocycles. The van der Waals surface area contributed by atoms with Gasteiger partial charge in [0.15, 0.2) is 6.61 Å². The van der Waals surface area contributed by atoms with E-state index in [1.807, 2.05) is 79.7 Å². The topological polar surface area (TPSA) is 76.8 Å². The second-order valence-corrected chi connectivity index (χ2v) is 10.1. The smallest absolute Gasteiger partial charge is 0.326 e. The number of carbonyl (C=O) groups excluding carboxylic acids is 2. The minimum atomic E-state index is -0.486. The van der Waals surface area contributed by atoms with E-state index >= 15 is 0 Å². The van der Waals surface area contributed by atoms with Crippen molar-refractivity contribution in [3.63, 3.8) is 0 Å². The summed E-state index contributed by atoms with van der Waals surface area (Å²) in [6.07, 6.45) is 5.07. The fourth-order valence-electron chi connectivity index (χ4n) is 5.72. The van der Waals surface area contributed by atoms with Crippen molar-refractivity contribution in [1.82, 2.24) is 14.6 Å². The van der Waals surface area contributed by atoms with Crippen LogP contribution < -0.4 is 0 Å². The number of nitrogens with zero attached hydrogens (tertiary/aromatic N) is 4. The summed E-state index contributed by atoms with van der Waals surface area (Å²) >= 11 is 0. The van der Waals surface area contributed by atoms with Crippen LogP contribution in [0.25, 0.3) is 17.1 Å². The van der Waals surface area contributed by atoms with Gasteiger partial charge in [0.2, 0.25) is 0 Å². The lowest BCUT2D eigenvalue weighted by molar-refractivity contribution is -0.153. The number of hydrogen-bond acceptors (Lipinski definition) is 5. The molecule has 2 aliphatic rings. The van der Waals surface area contributed by atoms with Crippen LogP contribution in [0, 0.1) is 12.8 Å². The first-order valence-electron chi connectivity index (χ1n) is 13.4. The first-order valence-corrected chi connectivity index (χ1v) is 13.4. The van der Waals surface area contributed by atoms with E-state index in [9.17, 15) is 9.59 Å². The molecule has 7 heteroatoms. The quantitative estimate of drug-likeness (QED) is 0.306. The summed E-state index contributed by atoms with van der Waals surface area (Å²) in [6, 6.07) is 27.6.